The topological polar surface area (TPSA) is 67.4 Å². The molecule has 1 fully saturated rings. The van der Waals surface area contributed by atoms with E-state index in [0.717, 1.165) is 73.5 Å². The minimum atomic E-state index is 0.114. The van der Waals surface area contributed by atoms with Gasteiger partial charge in [-0.2, -0.15) is 5.10 Å². The van der Waals surface area contributed by atoms with Gasteiger partial charge in [0, 0.05) is 57.1 Å². The molecule has 5 rings (SSSR count). The molecule has 0 spiro atoms. The monoisotopic (exact) mass is 365 g/mol. The maximum absolute atomic E-state index is 12.7. The third-order valence-corrected chi connectivity index (χ3v) is 5.79. The molecule has 7 nitrogen and oxygen atoms in total. The van der Waals surface area contributed by atoms with Gasteiger partial charge in [-0.05, 0) is 25.1 Å². The Labute approximate surface area is 157 Å². The first-order valence-electron chi connectivity index (χ1n) is 9.57. The van der Waals surface area contributed by atoms with Gasteiger partial charge in [0.15, 0.2) is 5.58 Å². The lowest BCUT2D eigenvalue weighted by atomic mass is 10.0. The molecule has 1 atom stereocenters. The molecule has 7 heteroatoms. The SMILES string of the molecule is Cn1cc2c(n1)CCN(CCN1CCC(c3noc4ccccc34)C1)C2=O. The quantitative estimate of drug-likeness (QED) is 0.708. The fourth-order valence-corrected chi connectivity index (χ4v) is 4.34. The van der Waals surface area contributed by atoms with E-state index in [2.05, 4.69) is 21.2 Å². The van der Waals surface area contributed by atoms with Crippen LogP contribution in [0.1, 0.15) is 34.1 Å². The number of likely N-dealkylation sites (tertiary alicyclic amines) is 1. The van der Waals surface area contributed by atoms with Gasteiger partial charge in [0.25, 0.3) is 5.91 Å². The second-order valence-corrected chi connectivity index (χ2v) is 7.56. The number of carbonyl (C=O) groups is 1. The lowest BCUT2D eigenvalue weighted by molar-refractivity contribution is 0.0723. The smallest absolute Gasteiger partial charge is 0.257 e. The van der Waals surface area contributed by atoms with E-state index < -0.39 is 0 Å². The van der Waals surface area contributed by atoms with Crippen molar-refractivity contribution in [1.29, 1.82) is 0 Å². The van der Waals surface area contributed by atoms with Crippen LogP contribution >= 0.6 is 0 Å². The van der Waals surface area contributed by atoms with Gasteiger partial charge in [0.05, 0.1) is 17.0 Å². The lowest BCUT2D eigenvalue weighted by Crippen LogP contribution is -2.41. The van der Waals surface area contributed by atoms with Crippen LogP contribution in [0, 0.1) is 0 Å². The van der Waals surface area contributed by atoms with E-state index in [4.69, 9.17) is 4.52 Å². The number of rotatable bonds is 4. The Hall–Kier alpha value is -2.67. The Morgan fingerprint density at radius 2 is 2.11 bits per heavy atom. The van der Waals surface area contributed by atoms with E-state index >= 15 is 0 Å². The molecule has 0 saturated carbocycles. The van der Waals surface area contributed by atoms with Crippen LogP contribution in [0.3, 0.4) is 0 Å². The summed E-state index contributed by atoms with van der Waals surface area (Å²) >= 11 is 0. The Kier molecular flexibility index (Phi) is 3.97. The van der Waals surface area contributed by atoms with E-state index in [-0.39, 0.29) is 5.91 Å². The summed E-state index contributed by atoms with van der Waals surface area (Å²) in [6.07, 6.45) is 3.76. The van der Waals surface area contributed by atoms with Crippen molar-refractivity contribution in [3.63, 3.8) is 0 Å². The van der Waals surface area contributed by atoms with Crippen molar-refractivity contribution in [2.24, 2.45) is 7.05 Å². The maximum atomic E-state index is 12.7. The minimum absolute atomic E-state index is 0.114. The van der Waals surface area contributed by atoms with Crippen LogP contribution in [0.5, 0.6) is 0 Å². The molecule has 2 aliphatic heterocycles. The van der Waals surface area contributed by atoms with Crippen LogP contribution in [0.25, 0.3) is 11.0 Å². The molecule has 0 radical (unpaired) electrons. The van der Waals surface area contributed by atoms with Crippen molar-refractivity contribution >= 4 is 16.9 Å². The average Bonchev–Trinajstić information content (AvgIpc) is 3.38. The Bertz CT molecular complexity index is 991. The Morgan fingerprint density at radius 3 is 3.04 bits per heavy atom. The predicted octanol–water partition coefficient (Wildman–Crippen LogP) is 2.05. The number of amides is 1. The van der Waals surface area contributed by atoms with E-state index in [1.54, 1.807) is 4.68 Å². The molecule has 1 saturated heterocycles. The highest BCUT2D eigenvalue weighted by Gasteiger charge is 2.30. The first kappa shape index (κ1) is 16.5. The number of nitrogens with zero attached hydrogens (tertiary/aromatic N) is 5. The summed E-state index contributed by atoms with van der Waals surface area (Å²) in [4.78, 5) is 17.1. The highest BCUT2D eigenvalue weighted by Crippen LogP contribution is 2.31. The van der Waals surface area contributed by atoms with Crippen molar-refractivity contribution in [3.05, 3.63) is 47.4 Å². The molecule has 2 aliphatic rings. The van der Waals surface area contributed by atoms with E-state index in [0.29, 0.717) is 5.92 Å². The lowest BCUT2D eigenvalue weighted by Gasteiger charge is -2.28. The maximum Gasteiger partial charge on any atom is 0.257 e. The fourth-order valence-electron chi connectivity index (χ4n) is 4.34. The zero-order chi connectivity index (χ0) is 18.4. The Morgan fingerprint density at radius 1 is 1.22 bits per heavy atom. The van der Waals surface area contributed by atoms with Crippen molar-refractivity contribution in [3.8, 4) is 0 Å². The molecule has 0 aliphatic carbocycles. The van der Waals surface area contributed by atoms with Gasteiger partial charge in [-0.3, -0.25) is 9.48 Å². The van der Waals surface area contributed by atoms with Gasteiger partial charge >= 0.3 is 0 Å². The average molecular weight is 365 g/mol. The summed E-state index contributed by atoms with van der Waals surface area (Å²) in [5.74, 6) is 0.512. The third kappa shape index (κ3) is 2.92. The molecule has 140 valence electrons. The number of carbonyl (C=O) groups excluding carboxylic acids is 1. The van der Waals surface area contributed by atoms with Gasteiger partial charge < -0.3 is 14.3 Å². The van der Waals surface area contributed by atoms with Gasteiger partial charge in [0.2, 0.25) is 0 Å². The molecule has 27 heavy (non-hydrogen) atoms. The zero-order valence-electron chi connectivity index (χ0n) is 15.5. The summed E-state index contributed by atoms with van der Waals surface area (Å²) in [5.41, 5.74) is 3.62. The molecule has 4 heterocycles. The number of fused-ring (bicyclic) bond motifs is 2. The van der Waals surface area contributed by atoms with Crippen molar-refractivity contribution in [1.82, 2.24) is 24.7 Å². The molecule has 1 unspecified atom stereocenters. The molecule has 2 aromatic heterocycles. The fraction of sp³-hybridized carbons (Fsp3) is 0.450. The highest BCUT2D eigenvalue weighted by atomic mass is 16.5. The number of hydrogen-bond donors (Lipinski definition) is 0. The van der Waals surface area contributed by atoms with Crippen molar-refractivity contribution in [2.45, 2.75) is 18.8 Å². The molecular weight excluding hydrogens is 342 g/mol. The van der Waals surface area contributed by atoms with Crippen LogP contribution in [0.15, 0.2) is 35.0 Å². The summed E-state index contributed by atoms with van der Waals surface area (Å²) < 4.78 is 7.21. The molecule has 3 aromatic rings. The zero-order valence-corrected chi connectivity index (χ0v) is 15.5. The number of hydrogen-bond acceptors (Lipinski definition) is 5. The highest BCUT2D eigenvalue weighted by molar-refractivity contribution is 5.96. The molecule has 0 N–H and O–H groups in total. The van der Waals surface area contributed by atoms with Crippen molar-refractivity contribution in [2.75, 3.05) is 32.7 Å². The number of aryl methyl sites for hydroxylation is 1. The second kappa shape index (κ2) is 6.49. The molecule has 1 amide bonds. The molecule has 0 bridgehead atoms. The third-order valence-electron chi connectivity index (χ3n) is 5.79. The van der Waals surface area contributed by atoms with Crippen LogP contribution in [0.2, 0.25) is 0 Å². The standard InChI is InChI=1S/C20H23N5O2/c1-23-13-16-17(21-23)7-9-25(20(16)26)11-10-24-8-6-14(12-24)19-15-4-2-3-5-18(15)27-22-19/h2-5,13-14H,6-12H2,1H3. The first-order chi connectivity index (χ1) is 13.2. The summed E-state index contributed by atoms with van der Waals surface area (Å²) in [6, 6.07) is 8.06. The Balaban J connectivity index is 1.21. The van der Waals surface area contributed by atoms with Crippen LogP contribution in [0.4, 0.5) is 0 Å². The van der Waals surface area contributed by atoms with Crippen molar-refractivity contribution < 1.29 is 9.32 Å². The van der Waals surface area contributed by atoms with Gasteiger partial charge in [-0.1, -0.05) is 17.3 Å². The van der Waals surface area contributed by atoms with Crippen LogP contribution in [-0.4, -0.2) is 63.4 Å². The molecular formula is C20H23N5O2. The minimum Gasteiger partial charge on any atom is -0.356 e. The van der Waals surface area contributed by atoms with E-state index in [9.17, 15) is 4.79 Å². The summed E-state index contributed by atoms with van der Waals surface area (Å²) in [6.45, 7) is 4.42. The molecule has 1 aromatic carbocycles. The normalized spacial score (nSPS) is 20.6. The number of aromatic nitrogens is 3. The van der Waals surface area contributed by atoms with E-state index in [1.807, 2.05) is 36.3 Å². The van der Waals surface area contributed by atoms with Gasteiger partial charge in [0.1, 0.15) is 0 Å². The van der Waals surface area contributed by atoms with E-state index in [1.165, 1.54) is 0 Å². The van der Waals surface area contributed by atoms with Gasteiger partial charge in [-0.15, -0.1) is 0 Å². The predicted molar refractivity (Wildman–Crippen MR) is 101 cm³/mol. The first-order valence-corrected chi connectivity index (χ1v) is 9.57. The number of para-hydroxylation sites is 1. The van der Waals surface area contributed by atoms with Crippen LogP contribution in [-0.2, 0) is 13.5 Å². The second-order valence-electron chi connectivity index (χ2n) is 7.56. The summed E-state index contributed by atoms with van der Waals surface area (Å²) in [7, 11) is 1.87. The number of benzene rings is 1. The van der Waals surface area contributed by atoms with Crippen LogP contribution < -0.4 is 0 Å². The van der Waals surface area contributed by atoms with Gasteiger partial charge in [-0.25, -0.2) is 0 Å². The summed E-state index contributed by atoms with van der Waals surface area (Å²) in [5, 5.41) is 9.83. The largest absolute Gasteiger partial charge is 0.356 e.